The van der Waals surface area contributed by atoms with Crippen LogP contribution >= 0.6 is 0 Å². The van der Waals surface area contributed by atoms with E-state index < -0.39 is 31.0 Å². The zero-order valence-electron chi connectivity index (χ0n) is 18.0. The van der Waals surface area contributed by atoms with Gasteiger partial charge in [-0.25, -0.2) is 0 Å². The second-order valence-corrected chi connectivity index (χ2v) is 9.92. The number of nitrogens with zero attached hydrogens (tertiary/aromatic N) is 1. The van der Waals surface area contributed by atoms with Crippen molar-refractivity contribution in [3.05, 3.63) is 12.2 Å². The normalized spacial score (nSPS) is 37.9. The minimum Gasteiger partial charge on any atom is -0.462 e. The summed E-state index contributed by atoms with van der Waals surface area (Å²) in [4.78, 5) is 14.4. The van der Waals surface area contributed by atoms with E-state index in [1.165, 1.54) is 5.57 Å². The third-order valence-corrected chi connectivity index (χ3v) is 7.65. The highest BCUT2D eigenvalue weighted by Gasteiger charge is 2.55. The fourth-order valence-corrected chi connectivity index (χ4v) is 5.87. The minimum absolute atomic E-state index is 0.00535. The lowest BCUT2D eigenvalue weighted by molar-refractivity contribution is -0.146. The van der Waals surface area contributed by atoms with Crippen LogP contribution in [-0.4, -0.2) is 93.7 Å². The molecule has 5 N–H and O–H groups in total. The summed E-state index contributed by atoms with van der Waals surface area (Å²) in [7, 11) is 1.73. The lowest BCUT2D eigenvalue weighted by Gasteiger charge is -2.50. The van der Waals surface area contributed by atoms with Crippen LogP contribution < -0.4 is 0 Å². The van der Waals surface area contributed by atoms with Crippen LogP contribution in [0.15, 0.2) is 12.2 Å². The van der Waals surface area contributed by atoms with Gasteiger partial charge in [0.05, 0.1) is 18.6 Å². The highest BCUT2D eigenvalue weighted by molar-refractivity contribution is 5.75. The van der Waals surface area contributed by atoms with Crippen molar-refractivity contribution in [2.75, 3.05) is 26.7 Å². The van der Waals surface area contributed by atoms with Gasteiger partial charge in [0, 0.05) is 19.0 Å². The van der Waals surface area contributed by atoms with Crippen molar-refractivity contribution in [1.29, 1.82) is 0 Å². The topological polar surface area (TPSA) is 131 Å². The first-order valence-corrected chi connectivity index (χ1v) is 11.0. The summed E-state index contributed by atoms with van der Waals surface area (Å²) in [5.41, 5.74) is 1.42. The van der Waals surface area contributed by atoms with E-state index in [4.69, 9.17) is 9.84 Å². The molecule has 8 heteroatoms. The van der Waals surface area contributed by atoms with Gasteiger partial charge in [0.1, 0.15) is 24.4 Å². The van der Waals surface area contributed by atoms with E-state index >= 15 is 0 Å². The summed E-state index contributed by atoms with van der Waals surface area (Å²) in [6.07, 6.45) is -1.17. The molecule has 9 atom stereocenters. The number of hydrogen-bond donors (Lipinski definition) is 5. The van der Waals surface area contributed by atoms with Gasteiger partial charge in [0.25, 0.3) is 0 Å². The molecule has 0 radical (unpaired) electrons. The Hall–Kier alpha value is -1.03. The molecule has 2 saturated carbocycles. The molecule has 1 aliphatic heterocycles. The Morgan fingerprint density at radius 2 is 1.90 bits per heavy atom. The fourth-order valence-electron chi connectivity index (χ4n) is 5.87. The number of aliphatic hydroxyl groups excluding tert-OH is 5. The van der Waals surface area contributed by atoms with Crippen LogP contribution in [0.4, 0.5) is 0 Å². The molecule has 0 aromatic heterocycles. The maximum atomic E-state index is 12.6. The second kappa shape index (κ2) is 9.22. The van der Waals surface area contributed by atoms with Crippen molar-refractivity contribution in [2.45, 2.75) is 69.5 Å². The molecule has 8 nitrogen and oxygen atoms in total. The number of likely N-dealkylation sites (N-methyl/N-ethyl adjacent to an activating group) is 1. The van der Waals surface area contributed by atoms with E-state index in [9.17, 15) is 25.2 Å². The molecule has 3 rings (SSSR count). The number of allylic oxidation sites excluding steroid dienone is 1. The number of carbonyl (C=O) groups excluding carboxylic acids is 1. The standard InChI is InChI=1S/C22H37NO7/c1-12-5-4-6-22(2)8-18-13(7-15(12)22)14(21(29)30-18)9-23(3)10-16(25)19(27)20(28)17(26)11-24/h13-20,24-28H,1,4-11H2,2-3H3/t13-,14-,15+,16-,17+,18-,19-,20+,22-/m1/s1. The number of fused-ring (bicyclic) bond motifs is 2. The predicted molar refractivity (Wildman–Crippen MR) is 109 cm³/mol. The van der Waals surface area contributed by atoms with Gasteiger partial charge in [-0.05, 0) is 50.5 Å². The number of rotatable bonds is 8. The summed E-state index contributed by atoms with van der Waals surface area (Å²) < 4.78 is 5.76. The van der Waals surface area contributed by atoms with Crippen molar-refractivity contribution < 1.29 is 35.1 Å². The van der Waals surface area contributed by atoms with E-state index in [-0.39, 0.29) is 35.9 Å². The molecule has 30 heavy (non-hydrogen) atoms. The molecule has 2 aliphatic carbocycles. The highest BCUT2D eigenvalue weighted by atomic mass is 16.6. The molecule has 3 aliphatic rings. The Morgan fingerprint density at radius 3 is 2.57 bits per heavy atom. The summed E-state index contributed by atoms with van der Waals surface area (Å²) >= 11 is 0. The molecule has 1 heterocycles. The fraction of sp³-hybridized carbons (Fsp3) is 0.864. The van der Waals surface area contributed by atoms with Crippen molar-refractivity contribution in [3.8, 4) is 0 Å². The maximum Gasteiger partial charge on any atom is 0.310 e. The zero-order valence-corrected chi connectivity index (χ0v) is 18.0. The molecule has 0 amide bonds. The largest absolute Gasteiger partial charge is 0.462 e. The zero-order chi connectivity index (χ0) is 22.2. The first-order chi connectivity index (χ1) is 14.1. The first kappa shape index (κ1) is 23.6. The summed E-state index contributed by atoms with van der Waals surface area (Å²) in [6, 6.07) is 0. The summed E-state index contributed by atoms with van der Waals surface area (Å²) in [5, 5.41) is 48.4. The second-order valence-electron chi connectivity index (χ2n) is 9.92. The van der Waals surface area contributed by atoms with Crippen LogP contribution in [0.1, 0.15) is 39.0 Å². The lowest BCUT2D eigenvalue weighted by atomic mass is 9.55. The molecular weight excluding hydrogens is 390 g/mol. The van der Waals surface area contributed by atoms with Gasteiger partial charge in [-0.1, -0.05) is 19.1 Å². The summed E-state index contributed by atoms with van der Waals surface area (Å²) in [5.74, 6) is -0.0128. The minimum atomic E-state index is -1.66. The Bertz CT molecular complexity index is 643. The molecular formula is C22H37NO7. The van der Waals surface area contributed by atoms with Crippen molar-refractivity contribution in [3.63, 3.8) is 0 Å². The van der Waals surface area contributed by atoms with Gasteiger partial charge in [0.2, 0.25) is 0 Å². The quantitative estimate of drug-likeness (QED) is 0.263. The summed E-state index contributed by atoms with van der Waals surface area (Å²) in [6.45, 7) is 6.25. The maximum absolute atomic E-state index is 12.6. The van der Waals surface area contributed by atoms with Crippen LogP contribution in [0.2, 0.25) is 0 Å². The number of ether oxygens (including phenoxy) is 1. The smallest absolute Gasteiger partial charge is 0.310 e. The van der Waals surface area contributed by atoms with E-state index in [0.717, 1.165) is 32.1 Å². The van der Waals surface area contributed by atoms with Crippen molar-refractivity contribution in [1.82, 2.24) is 4.90 Å². The van der Waals surface area contributed by atoms with Crippen LogP contribution in [-0.2, 0) is 9.53 Å². The van der Waals surface area contributed by atoms with Crippen LogP contribution in [0, 0.1) is 23.2 Å². The molecule has 0 bridgehead atoms. The number of carbonyl (C=O) groups is 1. The van der Waals surface area contributed by atoms with E-state index in [1.807, 2.05) is 0 Å². The van der Waals surface area contributed by atoms with Gasteiger partial charge in [-0.3, -0.25) is 4.79 Å². The van der Waals surface area contributed by atoms with E-state index in [1.54, 1.807) is 11.9 Å². The van der Waals surface area contributed by atoms with Crippen molar-refractivity contribution >= 4 is 5.97 Å². The Labute approximate surface area is 178 Å². The van der Waals surface area contributed by atoms with Crippen LogP contribution in [0.3, 0.4) is 0 Å². The van der Waals surface area contributed by atoms with Gasteiger partial charge < -0.3 is 35.2 Å². The lowest BCUT2D eigenvalue weighted by Crippen LogP contribution is -2.50. The highest BCUT2D eigenvalue weighted by Crippen LogP contribution is 2.56. The van der Waals surface area contributed by atoms with Crippen LogP contribution in [0.25, 0.3) is 0 Å². The Morgan fingerprint density at radius 1 is 1.23 bits per heavy atom. The first-order valence-electron chi connectivity index (χ1n) is 11.0. The molecule has 3 fully saturated rings. The SMILES string of the molecule is C=C1CCC[C@]2(C)C[C@H]3OC(=O)[C@H](CN(C)C[C@@H](O)[C@@H](O)[C@@H](O)[C@@H](O)CO)[C@H]3C[C@@H]12. The number of hydrogen-bond acceptors (Lipinski definition) is 8. The average molecular weight is 428 g/mol. The predicted octanol–water partition coefficient (Wildman–Crippen LogP) is -0.332. The molecule has 0 unspecified atom stereocenters. The van der Waals surface area contributed by atoms with Gasteiger partial charge >= 0.3 is 5.97 Å². The third-order valence-electron chi connectivity index (χ3n) is 7.65. The van der Waals surface area contributed by atoms with Gasteiger partial charge in [-0.15, -0.1) is 0 Å². The van der Waals surface area contributed by atoms with E-state index in [0.29, 0.717) is 12.5 Å². The van der Waals surface area contributed by atoms with E-state index in [2.05, 4.69) is 13.5 Å². The van der Waals surface area contributed by atoms with Gasteiger partial charge in [-0.2, -0.15) is 0 Å². The van der Waals surface area contributed by atoms with Crippen LogP contribution in [0.5, 0.6) is 0 Å². The molecule has 1 saturated heterocycles. The monoisotopic (exact) mass is 427 g/mol. The van der Waals surface area contributed by atoms with Crippen molar-refractivity contribution in [2.24, 2.45) is 23.2 Å². The third kappa shape index (κ3) is 4.59. The number of esters is 1. The average Bonchev–Trinajstić information content (AvgIpc) is 2.98. The Balaban J connectivity index is 1.61. The van der Waals surface area contributed by atoms with Gasteiger partial charge in [0.15, 0.2) is 0 Å². The molecule has 0 aromatic rings. The Kier molecular flexibility index (Phi) is 7.26. The molecule has 172 valence electrons. The number of aliphatic hydroxyl groups is 5. The molecule has 0 spiro atoms. The molecule has 0 aromatic carbocycles.